The fourth-order valence-electron chi connectivity index (χ4n) is 3.81. The van der Waals surface area contributed by atoms with Crippen molar-refractivity contribution in [3.05, 3.63) is 75.3 Å². The molecule has 120 valence electrons. The highest BCUT2D eigenvalue weighted by Crippen LogP contribution is 2.46. The Bertz CT molecular complexity index is 869. The maximum absolute atomic E-state index is 12.7. The van der Waals surface area contributed by atoms with Crippen LogP contribution < -0.4 is 0 Å². The van der Waals surface area contributed by atoms with E-state index in [2.05, 4.69) is 34.1 Å². The van der Waals surface area contributed by atoms with E-state index in [9.17, 15) is 9.59 Å². The van der Waals surface area contributed by atoms with Gasteiger partial charge in [0.1, 0.15) is 0 Å². The van der Waals surface area contributed by atoms with Gasteiger partial charge < -0.3 is 0 Å². The minimum Gasteiger partial charge on any atom is -0.278 e. The number of hydrogen-bond donors (Lipinski definition) is 0. The summed E-state index contributed by atoms with van der Waals surface area (Å²) >= 11 is 3.48. The second-order valence-corrected chi connectivity index (χ2v) is 7.21. The molecule has 24 heavy (non-hydrogen) atoms. The van der Waals surface area contributed by atoms with Gasteiger partial charge in [0.05, 0.1) is 0 Å². The lowest BCUT2D eigenvalue weighted by Gasteiger charge is -2.30. The van der Waals surface area contributed by atoms with Crippen LogP contribution in [0.1, 0.15) is 29.5 Å². The van der Waals surface area contributed by atoms with Crippen molar-refractivity contribution in [1.29, 1.82) is 0 Å². The van der Waals surface area contributed by atoms with E-state index in [1.54, 1.807) is 0 Å². The molecule has 0 aromatic heterocycles. The molecule has 1 saturated heterocycles. The summed E-state index contributed by atoms with van der Waals surface area (Å²) in [5, 5.41) is 0. The van der Waals surface area contributed by atoms with Crippen LogP contribution in [0, 0.1) is 5.92 Å². The second-order valence-electron chi connectivity index (χ2n) is 6.30. The first-order valence-corrected chi connectivity index (χ1v) is 8.74. The molecule has 2 atom stereocenters. The quantitative estimate of drug-likeness (QED) is 0.748. The zero-order chi connectivity index (χ0) is 16.8. The van der Waals surface area contributed by atoms with Crippen molar-refractivity contribution in [2.75, 3.05) is 6.54 Å². The Morgan fingerprint density at radius 2 is 1.83 bits per heavy atom. The minimum atomic E-state index is -0.186. The van der Waals surface area contributed by atoms with Gasteiger partial charge in [0.15, 0.2) is 0 Å². The van der Waals surface area contributed by atoms with E-state index in [1.165, 1.54) is 23.0 Å². The molecule has 0 unspecified atom stereocenters. The number of nitrogens with zero attached hydrogens (tertiary/aromatic N) is 1. The first-order chi connectivity index (χ1) is 11.6. The summed E-state index contributed by atoms with van der Waals surface area (Å²) in [5.74, 6) is -0.238. The van der Waals surface area contributed by atoms with Crippen molar-refractivity contribution in [2.24, 2.45) is 5.92 Å². The predicted octanol–water partition coefficient (Wildman–Crippen LogP) is 3.98. The van der Waals surface area contributed by atoms with E-state index in [-0.39, 0.29) is 23.7 Å². The summed E-state index contributed by atoms with van der Waals surface area (Å²) in [6, 6.07) is 16.4. The van der Waals surface area contributed by atoms with Gasteiger partial charge in [-0.1, -0.05) is 52.3 Å². The third-order valence-corrected chi connectivity index (χ3v) is 5.45. The fourth-order valence-corrected chi connectivity index (χ4v) is 4.07. The van der Waals surface area contributed by atoms with E-state index >= 15 is 0 Å². The number of likely N-dealkylation sites (tertiary alicyclic amines) is 1. The molecule has 4 rings (SSSR count). The van der Waals surface area contributed by atoms with Crippen molar-refractivity contribution in [1.82, 2.24) is 4.90 Å². The van der Waals surface area contributed by atoms with E-state index in [0.717, 1.165) is 15.6 Å². The van der Waals surface area contributed by atoms with E-state index in [0.29, 0.717) is 6.54 Å². The predicted molar refractivity (Wildman–Crippen MR) is 96.3 cm³/mol. The summed E-state index contributed by atoms with van der Waals surface area (Å²) in [4.78, 5) is 25.9. The second kappa shape index (κ2) is 5.71. The molecule has 0 saturated carbocycles. The highest BCUT2D eigenvalue weighted by molar-refractivity contribution is 9.10. The Morgan fingerprint density at radius 3 is 2.54 bits per heavy atom. The van der Waals surface area contributed by atoms with Gasteiger partial charge in [-0.3, -0.25) is 14.5 Å². The molecule has 3 nitrogen and oxygen atoms in total. The largest absolute Gasteiger partial charge is 0.278 e. The maximum atomic E-state index is 12.7. The van der Waals surface area contributed by atoms with Crippen molar-refractivity contribution in [3.63, 3.8) is 0 Å². The number of imide groups is 1. The Balaban J connectivity index is 1.88. The number of benzene rings is 2. The lowest BCUT2D eigenvalue weighted by Crippen LogP contribution is -2.30. The third kappa shape index (κ3) is 2.33. The van der Waals surface area contributed by atoms with Gasteiger partial charge in [-0.05, 0) is 34.9 Å². The van der Waals surface area contributed by atoms with Gasteiger partial charge in [0, 0.05) is 35.4 Å². The molecule has 0 spiro atoms. The first kappa shape index (κ1) is 15.3. The molecule has 1 aliphatic carbocycles. The number of amides is 2. The molecule has 4 heteroatoms. The molecule has 2 aromatic carbocycles. The normalized spacial score (nSPS) is 22.0. The zero-order valence-electron chi connectivity index (χ0n) is 13.2. The molecule has 2 aliphatic rings. The van der Waals surface area contributed by atoms with Crippen LogP contribution in [0.25, 0.3) is 6.08 Å². The van der Waals surface area contributed by atoms with E-state index in [4.69, 9.17) is 0 Å². The summed E-state index contributed by atoms with van der Waals surface area (Å²) < 4.78 is 1.03. The van der Waals surface area contributed by atoms with Gasteiger partial charge in [-0.25, -0.2) is 0 Å². The smallest absolute Gasteiger partial charge is 0.256 e. The van der Waals surface area contributed by atoms with Gasteiger partial charge in [0.2, 0.25) is 5.91 Å². The molecule has 1 fully saturated rings. The number of rotatable bonds is 1. The number of carbonyl (C=O) groups is 2. The molecule has 0 N–H and O–H groups in total. The molecule has 0 bridgehead atoms. The summed E-state index contributed by atoms with van der Waals surface area (Å²) in [7, 11) is 0. The average molecular weight is 382 g/mol. The Kier molecular flexibility index (Phi) is 3.65. The summed E-state index contributed by atoms with van der Waals surface area (Å²) in [6.45, 7) is 1.91. The van der Waals surface area contributed by atoms with Crippen molar-refractivity contribution >= 4 is 33.8 Å². The van der Waals surface area contributed by atoms with E-state index < -0.39 is 0 Å². The van der Waals surface area contributed by atoms with Crippen molar-refractivity contribution < 1.29 is 9.59 Å². The minimum absolute atomic E-state index is 0.0116. The maximum Gasteiger partial charge on any atom is 0.256 e. The highest BCUT2D eigenvalue weighted by Gasteiger charge is 2.44. The van der Waals surface area contributed by atoms with Crippen LogP contribution in [0.15, 0.2) is 58.6 Å². The molecule has 1 aliphatic heterocycles. The topological polar surface area (TPSA) is 37.4 Å². The van der Waals surface area contributed by atoms with Crippen LogP contribution in [0.5, 0.6) is 0 Å². The van der Waals surface area contributed by atoms with Crippen LogP contribution in [0.3, 0.4) is 0 Å². The van der Waals surface area contributed by atoms with Crippen molar-refractivity contribution in [2.45, 2.75) is 12.8 Å². The SMILES string of the molecule is CC(=O)N1C[C@@H]2C(=Cc3ccccc3[C@H]2c2ccc(Br)cc2)C1=O. The number of fused-ring (bicyclic) bond motifs is 2. The summed E-state index contributed by atoms with van der Waals surface area (Å²) in [5.41, 5.74) is 4.19. The van der Waals surface area contributed by atoms with Crippen LogP contribution in [-0.2, 0) is 9.59 Å². The number of carbonyl (C=O) groups excluding carboxylic acids is 2. The number of halogens is 1. The molecular weight excluding hydrogens is 366 g/mol. The molecular formula is C20H16BrNO2. The number of hydrogen-bond acceptors (Lipinski definition) is 2. The monoisotopic (exact) mass is 381 g/mol. The lowest BCUT2D eigenvalue weighted by atomic mass is 9.73. The average Bonchev–Trinajstić information content (AvgIpc) is 2.91. The molecule has 0 radical (unpaired) electrons. The van der Waals surface area contributed by atoms with Gasteiger partial charge in [0.25, 0.3) is 5.91 Å². The zero-order valence-corrected chi connectivity index (χ0v) is 14.8. The van der Waals surface area contributed by atoms with Gasteiger partial charge in [-0.15, -0.1) is 0 Å². The third-order valence-electron chi connectivity index (χ3n) is 4.92. The van der Waals surface area contributed by atoms with Crippen LogP contribution in [0.4, 0.5) is 0 Å². The molecule has 2 aromatic rings. The Labute approximate surface area is 149 Å². The highest BCUT2D eigenvalue weighted by atomic mass is 79.9. The van der Waals surface area contributed by atoms with Crippen LogP contribution in [-0.4, -0.2) is 23.3 Å². The summed E-state index contributed by atoms with van der Waals surface area (Å²) in [6.07, 6.45) is 1.96. The van der Waals surface area contributed by atoms with E-state index in [1.807, 2.05) is 36.4 Å². The lowest BCUT2D eigenvalue weighted by molar-refractivity contribution is -0.138. The van der Waals surface area contributed by atoms with Crippen molar-refractivity contribution in [3.8, 4) is 0 Å². The molecule has 2 amide bonds. The fraction of sp³-hybridized carbons (Fsp3) is 0.200. The Hall–Kier alpha value is -2.20. The first-order valence-electron chi connectivity index (χ1n) is 7.94. The standard InChI is InChI=1S/C20H16BrNO2/c1-12(23)22-11-18-17(20(22)24)10-14-4-2-3-5-16(14)19(18)13-6-8-15(21)9-7-13/h2-10,18-19H,11H2,1H3/t18-,19-/m1/s1. The van der Waals surface area contributed by atoms with Crippen LogP contribution in [0.2, 0.25) is 0 Å². The van der Waals surface area contributed by atoms with Gasteiger partial charge >= 0.3 is 0 Å². The van der Waals surface area contributed by atoms with Crippen LogP contribution >= 0.6 is 15.9 Å². The Morgan fingerprint density at radius 1 is 1.12 bits per heavy atom. The van der Waals surface area contributed by atoms with Gasteiger partial charge in [-0.2, -0.15) is 0 Å². The molecule has 1 heterocycles.